The van der Waals surface area contributed by atoms with Crippen molar-refractivity contribution in [1.82, 2.24) is 15.0 Å². The lowest BCUT2D eigenvalue weighted by Crippen LogP contribution is -1.91. The Bertz CT molecular complexity index is 708. The van der Waals surface area contributed by atoms with Gasteiger partial charge in [-0.2, -0.15) is 0 Å². The van der Waals surface area contributed by atoms with E-state index in [-0.39, 0.29) is 0 Å². The minimum absolute atomic E-state index is 0.571. The predicted octanol–water partition coefficient (Wildman–Crippen LogP) is 3.66. The summed E-state index contributed by atoms with van der Waals surface area (Å²) in [6.45, 7) is 2.06. The van der Waals surface area contributed by atoms with Gasteiger partial charge in [0.2, 0.25) is 5.88 Å². The summed E-state index contributed by atoms with van der Waals surface area (Å²) in [7, 11) is 0. The lowest BCUT2D eigenvalue weighted by atomic mass is 10.2. The fraction of sp³-hybridized carbons (Fsp3) is 0.0769. The van der Waals surface area contributed by atoms with E-state index in [2.05, 4.69) is 44.5 Å². The molecule has 0 radical (unpaired) electrons. The fourth-order valence-corrected chi connectivity index (χ4v) is 2.06. The SMILES string of the molecule is Cc1cc(Oc2ncnc3[nH]ccc23)ccc1I. The van der Waals surface area contributed by atoms with Crippen molar-refractivity contribution in [3.05, 3.63) is 45.9 Å². The molecule has 2 aromatic heterocycles. The first-order chi connectivity index (χ1) is 8.74. The standard InChI is InChI=1S/C13H10IN3O/c1-8-6-9(2-3-11(8)14)18-13-10-4-5-15-12(10)16-7-17-13/h2-7H,1H3,(H,15,16,17). The maximum atomic E-state index is 5.81. The number of aromatic nitrogens is 3. The van der Waals surface area contributed by atoms with Gasteiger partial charge in [0.1, 0.15) is 17.7 Å². The molecule has 0 aliphatic rings. The molecule has 2 heterocycles. The number of fused-ring (bicyclic) bond motifs is 1. The quantitative estimate of drug-likeness (QED) is 0.717. The minimum atomic E-state index is 0.571. The number of aromatic amines is 1. The van der Waals surface area contributed by atoms with Crippen LogP contribution in [0.2, 0.25) is 0 Å². The number of nitrogens with zero attached hydrogens (tertiary/aromatic N) is 2. The molecular formula is C13H10IN3O. The lowest BCUT2D eigenvalue weighted by Gasteiger charge is -2.07. The van der Waals surface area contributed by atoms with E-state index in [1.165, 1.54) is 15.5 Å². The van der Waals surface area contributed by atoms with Crippen molar-refractivity contribution in [1.29, 1.82) is 0 Å². The predicted molar refractivity (Wildman–Crippen MR) is 77.9 cm³/mol. The zero-order valence-electron chi connectivity index (χ0n) is 9.64. The zero-order chi connectivity index (χ0) is 12.5. The maximum Gasteiger partial charge on any atom is 0.231 e. The summed E-state index contributed by atoms with van der Waals surface area (Å²) in [5.41, 5.74) is 1.97. The fourth-order valence-electron chi connectivity index (χ4n) is 1.72. The Morgan fingerprint density at radius 1 is 1.22 bits per heavy atom. The molecule has 1 N–H and O–H groups in total. The van der Waals surface area contributed by atoms with Crippen LogP contribution in [0.15, 0.2) is 36.8 Å². The number of nitrogens with one attached hydrogen (secondary N) is 1. The monoisotopic (exact) mass is 351 g/mol. The van der Waals surface area contributed by atoms with E-state index in [4.69, 9.17) is 4.74 Å². The largest absolute Gasteiger partial charge is 0.438 e. The molecule has 0 bridgehead atoms. The van der Waals surface area contributed by atoms with Crippen LogP contribution in [0.3, 0.4) is 0 Å². The van der Waals surface area contributed by atoms with Crippen molar-refractivity contribution in [3.63, 3.8) is 0 Å². The molecule has 90 valence electrons. The van der Waals surface area contributed by atoms with Crippen molar-refractivity contribution in [2.24, 2.45) is 0 Å². The van der Waals surface area contributed by atoms with Crippen molar-refractivity contribution < 1.29 is 4.74 Å². The van der Waals surface area contributed by atoms with Crippen LogP contribution in [0.1, 0.15) is 5.56 Å². The van der Waals surface area contributed by atoms with Gasteiger partial charge >= 0.3 is 0 Å². The normalized spacial score (nSPS) is 10.8. The van der Waals surface area contributed by atoms with Crippen molar-refractivity contribution in [2.45, 2.75) is 6.92 Å². The zero-order valence-corrected chi connectivity index (χ0v) is 11.8. The van der Waals surface area contributed by atoms with Gasteiger partial charge in [-0.05, 0) is 59.3 Å². The Labute approximate surface area is 118 Å². The Morgan fingerprint density at radius 2 is 2.11 bits per heavy atom. The second-order valence-corrected chi connectivity index (χ2v) is 5.09. The Kier molecular flexibility index (Phi) is 2.91. The third-order valence-electron chi connectivity index (χ3n) is 2.66. The van der Waals surface area contributed by atoms with E-state index < -0.39 is 0 Å². The van der Waals surface area contributed by atoms with Crippen LogP contribution >= 0.6 is 22.6 Å². The average molecular weight is 351 g/mol. The number of aryl methyl sites for hydroxylation is 1. The summed E-state index contributed by atoms with van der Waals surface area (Å²) < 4.78 is 7.03. The molecule has 0 fully saturated rings. The molecule has 0 amide bonds. The van der Waals surface area contributed by atoms with Crippen LogP contribution in [0, 0.1) is 10.5 Å². The van der Waals surface area contributed by atoms with Gasteiger partial charge in [0.15, 0.2) is 0 Å². The summed E-state index contributed by atoms with van der Waals surface area (Å²) in [5.74, 6) is 1.36. The highest BCUT2D eigenvalue weighted by Gasteiger charge is 2.07. The number of benzene rings is 1. The molecule has 0 atom stereocenters. The maximum absolute atomic E-state index is 5.81. The molecular weight excluding hydrogens is 341 g/mol. The summed E-state index contributed by atoms with van der Waals surface area (Å²) in [4.78, 5) is 11.3. The van der Waals surface area contributed by atoms with Crippen LogP contribution in [0.5, 0.6) is 11.6 Å². The molecule has 4 nitrogen and oxygen atoms in total. The molecule has 0 aliphatic carbocycles. The van der Waals surface area contributed by atoms with Crippen LogP contribution < -0.4 is 4.74 Å². The highest BCUT2D eigenvalue weighted by Crippen LogP contribution is 2.27. The first-order valence-corrected chi connectivity index (χ1v) is 6.54. The molecule has 3 rings (SSSR count). The molecule has 0 aliphatic heterocycles. The first kappa shape index (κ1) is 11.5. The average Bonchev–Trinajstić information content (AvgIpc) is 2.83. The molecule has 1 aromatic carbocycles. The summed E-state index contributed by atoms with van der Waals surface area (Å²) in [6.07, 6.45) is 3.32. The van der Waals surface area contributed by atoms with Crippen LogP contribution in [0.25, 0.3) is 11.0 Å². The van der Waals surface area contributed by atoms with Crippen molar-refractivity contribution in [2.75, 3.05) is 0 Å². The highest BCUT2D eigenvalue weighted by atomic mass is 127. The van der Waals surface area contributed by atoms with Gasteiger partial charge in [-0.3, -0.25) is 0 Å². The van der Waals surface area contributed by atoms with Gasteiger partial charge < -0.3 is 9.72 Å². The highest BCUT2D eigenvalue weighted by molar-refractivity contribution is 14.1. The van der Waals surface area contributed by atoms with E-state index in [1.807, 2.05) is 30.5 Å². The summed E-state index contributed by atoms with van der Waals surface area (Å²) >= 11 is 2.30. The summed E-state index contributed by atoms with van der Waals surface area (Å²) in [6, 6.07) is 7.88. The molecule has 0 saturated carbocycles. The van der Waals surface area contributed by atoms with Crippen molar-refractivity contribution in [3.8, 4) is 11.6 Å². The smallest absolute Gasteiger partial charge is 0.231 e. The van der Waals surface area contributed by atoms with Crippen LogP contribution in [-0.4, -0.2) is 15.0 Å². The number of rotatable bonds is 2. The molecule has 0 saturated heterocycles. The molecule has 5 heteroatoms. The second-order valence-electron chi connectivity index (χ2n) is 3.93. The first-order valence-electron chi connectivity index (χ1n) is 5.46. The lowest BCUT2D eigenvalue weighted by molar-refractivity contribution is 0.467. The topological polar surface area (TPSA) is 50.8 Å². The van der Waals surface area contributed by atoms with Crippen LogP contribution in [-0.2, 0) is 0 Å². The third-order valence-corrected chi connectivity index (χ3v) is 3.87. The van der Waals surface area contributed by atoms with Gasteiger partial charge in [-0.15, -0.1) is 0 Å². The van der Waals surface area contributed by atoms with Gasteiger partial charge in [-0.25, -0.2) is 9.97 Å². The van der Waals surface area contributed by atoms with Gasteiger partial charge in [0, 0.05) is 9.77 Å². The van der Waals surface area contributed by atoms with Gasteiger partial charge in [-0.1, -0.05) is 0 Å². The van der Waals surface area contributed by atoms with Gasteiger partial charge in [0.25, 0.3) is 0 Å². The Hall–Kier alpha value is -1.63. The third kappa shape index (κ3) is 2.05. The number of halogens is 1. The molecule has 3 aromatic rings. The van der Waals surface area contributed by atoms with E-state index in [9.17, 15) is 0 Å². The van der Waals surface area contributed by atoms with Crippen molar-refractivity contribution >= 4 is 33.6 Å². The Morgan fingerprint density at radius 3 is 2.94 bits per heavy atom. The number of hydrogen-bond acceptors (Lipinski definition) is 3. The van der Waals surface area contributed by atoms with Crippen LogP contribution in [0.4, 0.5) is 0 Å². The second kappa shape index (κ2) is 4.56. The van der Waals surface area contributed by atoms with Gasteiger partial charge in [0.05, 0.1) is 5.39 Å². The molecule has 18 heavy (non-hydrogen) atoms. The van der Waals surface area contributed by atoms with E-state index in [0.717, 1.165) is 16.8 Å². The summed E-state index contributed by atoms with van der Waals surface area (Å²) in [5, 5.41) is 0.883. The van der Waals surface area contributed by atoms with E-state index >= 15 is 0 Å². The number of H-pyrrole nitrogens is 1. The Balaban J connectivity index is 2.01. The number of ether oxygens (including phenoxy) is 1. The molecule has 0 spiro atoms. The molecule has 0 unspecified atom stereocenters. The van der Waals surface area contributed by atoms with E-state index in [0.29, 0.717) is 5.88 Å². The van der Waals surface area contributed by atoms with E-state index in [1.54, 1.807) is 0 Å². The number of hydrogen-bond donors (Lipinski definition) is 1. The minimum Gasteiger partial charge on any atom is -0.438 e.